The molecule has 4 nitrogen and oxygen atoms in total. The van der Waals surface area contributed by atoms with Gasteiger partial charge in [-0.1, -0.05) is 32.6 Å². The van der Waals surface area contributed by atoms with Crippen LogP contribution >= 0.6 is 0 Å². The van der Waals surface area contributed by atoms with Crippen LogP contribution in [0.4, 0.5) is 4.79 Å². The Kier molecular flexibility index (Phi) is 7.01. The second kappa shape index (κ2) is 8.34. The van der Waals surface area contributed by atoms with Crippen LogP contribution in [0.1, 0.15) is 51.9 Å². The van der Waals surface area contributed by atoms with Gasteiger partial charge in [-0.15, -0.1) is 0 Å². The highest BCUT2D eigenvalue weighted by Crippen LogP contribution is 2.17. The number of nitrogens with one attached hydrogen (secondary N) is 1. The summed E-state index contributed by atoms with van der Waals surface area (Å²) in [6.07, 6.45) is 8.24. The Hall–Kier alpha value is -0.770. The summed E-state index contributed by atoms with van der Waals surface area (Å²) in [5, 5.41) is 3.14. The molecule has 1 aliphatic carbocycles. The topological polar surface area (TPSA) is 58.4 Å². The number of nitrogens with two attached hydrogens (primary N) is 1. The zero-order valence-electron chi connectivity index (χ0n) is 11.1. The summed E-state index contributed by atoms with van der Waals surface area (Å²) in [6, 6.07) is 0.467. The van der Waals surface area contributed by atoms with Gasteiger partial charge in [0.15, 0.2) is 0 Å². The molecule has 100 valence electrons. The van der Waals surface area contributed by atoms with E-state index in [1.165, 1.54) is 19.3 Å². The highest BCUT2D eigenvalue weighted by Gasteiger charge is 2.18. The van der Waals surface area contributed by atoms with Gasteiger partial charge in [-0.2, -0.15) is 0 Å². The van der Waals surface area contributed by atoms with Crippen molar-refractivity contribution in [2.75, 3.05) is 19.6 Å². The van der Waals surface area contributed by atoms with Crippen LogP contribution in [0.5, 0.6) is 0 Å². The largest absolute Gasteiger partial charge is 0.335 e. The van der Waals surface area contributed by atoms with Gasteiger partial charge in [0.05, 0.1) is 0 Å². The number of hydrogen-bond donors (Lipinski definition) is 2. The molecule has 4 heteroatoms. The predicted molar refractivity (Wildman–Crippen MR) is 70.9 cm³/mol. The molecule has 2 amide bonds. The third kappa shape index (κ3) is 5.39. The Labute approximate surface area is 105 Å². The first-order chi connectivity index (χ1) is 8.27. The maximum absolute atomic E-state index is 12.1. The zero-order valence-corrected chi connectivity index (χ0v) is 11.1. The van der Waals surface area contributed by atoms with Crippen LogP contribution in [0.2, 0.25) is 0 Å². The third-order valence-electron chi connectivity index (χ3n) is 3.40. The number of carbonyl (C=O) groups excluding carboxylic acids is 1. The standard InChI is InChI=1S/C13H27N3O/c1-2-3-10-16(11-9-14)13(17)15-12-7-5-4-6-8-12/h12H,2-11,14H2,1H3,(H,15,17). The van der Waals surface area contributed by atoms with Crippen LogP contribution in [0.25, 0.3) is 0 Å². The Balaban J connectivity index is 2.34. The van der Waals surface area contributed by atoms with Gasteiger partial charge >= 0.3 is 6.03 Å². The summed E-state index contributed by atoms with van der Waals surface area (Å²) in [6.45, 7) is 4.17. The predicted octanol–water partition coefficient (Wildman–Crippen LogP) is 2.09. The minimum atomic E-state index is 0.0794. The molecule has 0 spiro atoms. The van der Waals surface area contributed by atoms with E-state index in [2.05, 4.69) is 12.2 Å². The Bertz CT molecular complexity index is 215. The summed E-state index contributed by atoms with van der Waals surface area (Å²) < 4.78 is 0. The van der Waals surface area contributed by atoms with Gasteiger partial charge in [-0.25, -0.2) is 4.79 Å². The number of urea groups is 1. The van der Waals surface area contributed by atoms with Crippen LogP contribution < -0.4 is 11.1 Å². The lowest BCUT2D eigenvalue weighted by atomic mass is 9.96. The minimum absolute atomic E-state index is 0.0794. The second-order valence-corrected chi connectivity index (χ2v) is 4.91. The van der Waals surface area contributed by atoms with Crippen molar-refractivity contribution < 1.29 is 4.79 Å². The van der Waals surface area contributed by atoms with Crippen LogP contribution in [-0.4, -0.2) is 36.6 Å². The molecule has 0 aliphatic heterocycles. The number of amides is 2. The van der Waals surface area contributed by atoms with Crippen molar-refractivity contribution in [2.45, 2.75) is 57.9 Å². The van der Waals surface area contributed by atoms with Crippen molar-refractivity contribution in [3.63, 3.8) is 0 Å². The number of hydrogen-bond acceptors (Lipinski definition) is 2. The number of nitrogens with zero attached hydrogens (tertiary/aromatic N) is 1. The molecule has 0 aromatic carbocycles. The molecule has 0 aromatic rings. The first kappa shape index (κ1) is 14.3. The van der Waals surface area contributed by atoms with Gasteiger partial charge in [0.2, 0.25) is 0 Å². The van der Waals surface area contributed by atoms with Crippen LogP contribution in [0, 0.1) is 0 Å². The van der Waals surface area contributed by atoms with Gasteiger partial charge in [0.25, 0.3) is 0 Å². The Morgan fingerprint density at radius 2 is 2.00 bits per heavy atom. The lowest BCUT2D eigenvalue weighted by Gasteiger charge is -2.28. The van der Waals surface area contributed by atoms with Crippen molar-refractivity contribution in [3.05, 3.63) is 0 Å². The summed E-state index contributed by atoms with van der Waals surface area (Å²) in [5.74, 6) is 0. The van der Waals surface area contributed by atoms with E-state index in [0.717, 1.165) is 32.2 Å². The van der Waals surface area contributed by atoms with Crippen LogP contribution in [-0.2, 0) is 0 Å². The smallest absolute Gasteiger partial charge is 0.317 e. The van der Waals surface area contributed by atoms with Crippen molar-refractivity contribution >= 4 is 6.03 Å². The first-order valence-electron chi connectivity index (χ1n) is 7.03. The van der Waals surface area contributed by atoms with Crippen molar-refractivity contribution in [2.24, 2.45) is 5.73 Å². The van der Waals surface area contributed by atoms with E-state index in [1.54, 1.807) is 0 Å². The second-order valence-electron chi connectivity index (χ2n) is 4.91. The van der Waals surface area contributed by atoms with Crippen LogP contribution in [0.15, 0.2) is 0 Å². The molecule has 0 atom stereocenters. The van der Waals surface area contributed by atoms with Gasteiger partial charge in [-0.05, 0) is 19.3 Å². The monoisotopic (exact) mass is 241 g/mol. The Morgan fingerprint density at radius 3 is 2.59 bits per heavy atom. The maximum atomic E-state index is 12.1. The zero-order chi connectivity index (χ0) is 12.5. The molecule has 0 saturated heterocycles. The van der Waals surface area contributed by atoms with E-state index in [4.69, 9.17) is 5.73 Å². The van der Waals surface area contributed by atoms with Gasteiger partial charge < -0.3 is 16.0 Å². The number of rotatable bonds is 6. The van der Waals surface area contributed by atoms with E-state index >= 15 is 0 Å². The molecule has 1 aliphatic rings. The lowest BCUT2D eigenvalue weighted by molar-refractivity contribution is 0.190. The molecule has 1 fully saturated rings. The van der Waals surface area contributed by atoms with Gasteiger partial charge in [0.1, 0.15) is 0 Å². The SMILES string of the molecule is CCCCN(CCN)C(=O)NC1CCCCC1. The summed E-state index contributed by atoms with van der Waals surface area (Å²) in [7, 11) is 0. The molecular weight excluding hydrogens is 214 g/mol. The molecule has 0 radical (unpaired) electrons. The normalized spacial score (nSPS) is 16.8. The molecular formula is C13H27N3O. The van der Waals surface area contributed by atoms with E-state index in [9.17, 15) is 4.79 Å². The highest BCUT2D eigenvalue weighted by atomic mass is 16.2. The molecule has 0 aromatic heterocycles. The summed E-state index contributed by atoms with van der Waals surface area (Å²) >= 11 is 0. The fraction of sp³-hybridized carbons (Fsp3) is 0.923. The lowest BCUT2D eigenvalue weighted by Crippen LogP contribution is -2.47. The molecule has 1 saturated carbocycles. The number of unbranched alkanes of at least 4 members (excludes halogenated alkanes) is 1. The number of carbonyl (C=O) groups is 1. The maximum Gasteiger partial charge on any atom is 0.317 e. The van der Waals surface area contributed by atoms with E-state index < -0.39 is 0 Å². The van der Waals surface area contributed by atoms with Crippen molar-refractivity contribution in [3.8, 4) is 0 Å². The van der Waals surface area contributed by atoms with Gasteiger partial charge in [0, 0.05) is 25.7 Å². The molecule has 0 heterocycles. The molecule has 3 N–H and O–H groups in total. The Morgan fingerprint density at radius 1 is 1.29 bits per heavy atom. The van der Waals surface area contributed by atoms with Crippen molar-refractivity contribution in [1.82, 2.24) is 10.2 Å². The molecule has 17 heavy (non-hydrogen) atoms. The van der Waals surface area contributed by atoms with Crippen molar-refractivity contribution in [1.29, 1.82) is 0 Å². The first-order valence-corrected chi connectivity index (χ1v) is 7.03. The van der Waals surface area contributed by atoms with E-state index in [1.807, 2.05) is 4.90 Å². The fourth-order valence-electron chi connectivity index (χ4n) is 2.33. The quantitative estimate of drug-likeness (QED) is 0.748. The van der Waals surface area contributed by atoms with Gasteiger partial charge in [-0.3, -0.25) is 0 Å². The fourth-order valence-corrected chi connectivity index (χ4v) is 2.33. The van der Waals surface area contributed by atoms with Crippen LogP contribution in [0.3, 0.4) is 0 Å². The third-order valence-corrected chi connectivity index (χ3v) is 3.40. The average Bonchev–Trinajstić information content (AvgIpc) is 2.35. The minimum Gasteiger partial charge on any atom is -0.335 e. The molecule has 1 rings (SSSR count). The summed E-state index contributed by atoms with van der Waals surface area (Å²) in [5.41, 5.74) is 5.55. The van der Waals surface area contributed by atoms with E-state index in [-0.39, 0.29) is 6.03 Å². The highest BCUT2D eigenvalue weighted by molar-refractivity contribution is 5.74. The molecule has 0 unspecified atom stereocenters. The average molecular weight is 241 g/mol. The summed E-state index contributed by atoms with van der Waals surface area (Å²) in [4.78, 5) is 13.9. The van der Waals surface area contributed by atoms with E-state index in [0.29, 0.717) is 19.1 Å². The molecule has 0 bridgehead atoms.